The van der Waals surface area contributed by atoms with Crippen LogP contribution in [0, 0.1) is 6.92 Å². The van der Waals surface area contributed by atoms with Crippen molar-refractivity contribution in [3.63, 3.8) is 0 Å². The molecule has 21 heavy (non-hydrogen) atoms. The van der Waals surface area contributed by atoms with Crippen molar-refractivity contribution in [2.45, 2.75) is 52.4 Å². The van der Waals surface area contributed by atoms with E-state index in [1.165, 1.54) is 31.7 Å². The Morgan fingerprint density at radius 2 is 1.62 bits per heavy atom. The standard InChI is InChI=1S/C15H23BF3O.K/c1-3-4-5-6-7-8-11-20-15-10-9-14(12-13(15)2)16(17,18)19;/h9-10,12H,3-8,11H2,1-2H3;/q-1;+1. The number of rotatable bonds is 9. The first kappa shape index (κ1) is 21.5. The Bertz CT molecular complexity index is 410. The summed E-state index contributed by atoms with van der Waals surface area (Å²) in [4.78, 5) is 0. The number of hydrogen-bond donors (Lipinski definition) is 0. The smallest absolute Gasteiger partial charge is 0.493 e. The first-order valence-corrected chi connectivity index (χ1v) is 7.38. The molecular weight excluding hydrogens is 303 g/mol. The van der Waals surface area contributed by atoms with Crippen molar-refractivity contribution >= 4 is 12.4 Å². The minimum atomic E-state index is -4.92. The molecule has 0 atom stereocenters. The summed E-state index contributed by atoms with van der Waals surface area (Å²) in [7, 11) is 0. The van der Waals surface area contributed by atoms with Crippen LogP contribution in [0.3, 0.4) is 0 Å². The number of halogens is 3. The van der Waals surface area contributed by atoms with Crippen LogP contribution in [0.2, 0.25) is 0 Å². The Morgan fingerprint density at radius 3 is 2.19 bits per heavy atom. The molecule has 0 unspecified atom stereocenters. The SMILES string of the molecule is CCCCCCCCOc1ccc([B-](F)(F)F)cc1C.[K+]. The zero-order valence-corrected chi connectivity index (χ0v) is 16.4. The van der Waals surface area contributed by atoms with Crippen LogP contribution in [0.25, 0.3) is 0 Å². The molecular formula is C15H23BF3KO. The van der Waals surface area contributed by atoms with E-state index in [1.807, 2.05) is 0 Å². The summed E-state index contributed by atoms with van der Waals surface area (Å²) < 4.78 is 43.3. The van der Waals surface area contributed by atoms with E-state index in [-0.39, 0.29) is 51.4 Å². The third kappa shape index (κ3) is 8.65. The third-order valence-electron chi connectivity index (χ3n) is 3.33. The summed E-state index contributed by atoms with van der Waals surface area (Å²) in [6.45, 7) is -0.518. The molecule has 6 heteroatoms. The van der Waals surface area contributed by atoms with E-state index in [0.717, 1.165) is 25.0 Å². The molecule has 0 aliphatic carbocycles. The van der Waals surface area contributed by atoms with Gasteiger partial charge in [0, 0.05) is 0 Å². The Balaban J connectivity index is 0.00000400. The van der Waals surface area contributed by atoms with Crippen molar-refractivity contribution in [3.05, 3.63) is 23.8 Å². The molecule has 0 fully saturated rings. The van der Waals surface area contributed by atoms with Gasteiger partial charge in [0.1, 0.15) is 5.75 Å². The van der Waals surface area contributed by atoms with Crippen molar-refractivity contribution in [2.75, 3.05) is 6.61 Å². The maximum absolute atomic E-state index is 12.6. The second-order valence-corrected chi connectivity index (χ2v) is 5.22. The number of ether oxygens (including phenoxy) is 1. The van der Waals surface area contributed by atoms with Gasteiger partial charge in [-0.2, -0.15) is 0 Å². The topological polar surface area (TPSA) is 9.23 Å². The maximum atomic E-state index is 12.6. The van der Waals surface area contributed by atoms with E-state index in [2.05, 4.69) is 6.92 Å². The van der Waals surface area contributed by atoms with Gasteiger partial charge in [0.25, 0.3) is 0 Å². The van der Waals surface area contributed by atoms with E-state index in [0.29, 0.717) is 17.9 Å². The molecule has 0 spiro atoms. The molecule has 0 bridgehead atoms. The van der Waals surface area contributed by atoms with Crippen molar-refractivity contribution in [3.8, 4) is 5.75 Å². The Labute approximate surface area is 168 Å². The predicted molar refractivity (Wildman–Crippen MR) is 78.8 cm³/mol. The minimum Gasteiger partial charge on any atom is -0.493 e. The second kappa shape index (κ2) is 11.1. The van der Waals surface area contributed by atoms with Crippen LogP contribution in [-0.2, 0) is 0 Å². The molecule has 1 aromatic carbocycles. The molecule has 0 aliphatic rings. The van der Waals surface area contributed by atoms with Crippen molar-refractivity contribution < 1.29 is 69.1 Å². The zero-order valence-electron chi connectivity index (χ0n) is 13.3. The molecule has 0 radical (unpaired) electrons. The average Bonchev–Trinajstić information content (AvgIpc) is 2.38. The number of unbranched alkanes of at least 4 members (excludes halogenated alkanes) is 5. The quantitative estimate of drug-likeness (QED) is 0.497. The van der Waals surface area contributed by atoms with Gasteiger partial charge in [0.15, 0.2) is 0 Å². The van der Waals surface area contributed by atoms with Crippen LogP contribution in [0.5, 0.6) is 5.75 Å². The van der Waals surface area contributed by atoms with Crippen LogP contribution in [-0.4, -0.2) is 13.6 Å². The van der Waals surface area contributed by atoms with Crippen LogP contribution < -0.4 is 61.6 Å². The maximum Gasteiger partial charge on any atom is 1.00 e. The molecule has 1 aromatic rings. The molecule has 0 saturated heterocycles. The van der Waals surface area contributed by atoms with Gasteiger partial charge < -0.3 is 17.7 Å². The first-order valence-electron chi connectivity index (χ1n) is 7.38. The van der Waals surface area contributed by atoms with E-state index >= 15 is 0 Å². The number of hydrogen-bond acceptors (Lipinski definition) is 1. The van der Waals surface area contributed by atoms with Crippen molar-refractivity contribution in [1.82, 2.24) is 0 Å². The Kier molecular flexibility index (Phi) is 11.4. The fourth-order valence-corrected chi connectivity index (χ4v) is 2.10. The van der Waals surface area contributed by atoms with E-state index in [4.69, 9.17) is 4.74 Å². The molecule has 0 heterocycles. The van der Waals surface area contributed by atoms with E-state index < -0.39 is 12.4 Å². The summed E-state index contributed by atoms with van der Waals surface area (Å²) in [6.07, 6.45) is 7.00. The molecule has 1 rings (SSSR count). The molecule has 0 aliphatic heterocycles. The van der Waals surface area contributed by atoms with Crippen molar-refractivity contribution in [1.29, 1.82) is 0 Å². The van der Waals surface area contributed by atoms with E-state index in [1.54, 1.807) is 6.92 Å². The predicted octanol–water partition coefficient (Wildman–Crippen LogP) is 1.79. The van der Waals surface area contributed by atoms with Crippen LogP contribution in [0.4, 0.5) is 12.9 Å². The summed E-state index contributed by atoms with van der Waals surface area (Å²) in [6, 6.07) is 3.69. The van der Waals surface area contributed by atoms with Crippen LogP contribution >= 0.6 is 0 Å². The molecule has 1 nitrogen and oxygen atoms in total. The second-order valence-electron chi connectivity index (χ2n) is 5.22. The average molecular weight is 326 g/mol. The van der Waals surface area contributed by atoms with Gasteiger partial charge in [-0.1, -0.05) is 51.2 Å². The van der Waals surface area contributed by atoms with Crippen LogP contribution in [0.15, 0.2) is 18.2 Å². The fraction of sp³-hybridized carbons (Fsp3) is 0.600. The zero-order chi connectivity index (χ0) is 15.0. The Hall–Kier alpha value is 0.511. The van der Waals surface area contributed by atoms with Gasteiger partial charge in [0.2, 0.25) is 0 Å². The Morgan fingerprint density at radius 1 is 1.00 bits per heavy atom. The molecule has 114 valence electrons. The van der Waals surface area contributed by atoms with Gasteiger partial charge in [0.05, 0.1) is 6.61 Å². The number of aryl methyl sites for hydroxylation is 1. The summed E-state index contributed by atoms with van der Waals surface area (Å²) >= 11 is 0. The molecule has 0 saturated carbocycles. The van der Waals surface area contributed by atoms with Crippen molar-refractivity contribution in [2.24, 2.45) is 0 Å². The largest absolute Gasteiger partial charge is 1.00 e. The number of benzene rings is 1. The van der Waals surface area contributed by atoms with Crippen LogP contribution in [0.1, 0.15) is 51.0 Å². The third-order valence-corrected chi connectivity index (χ3v) is 3.33. The van der Waals surface area contributed by atoms with Gasteiger partial charge in [-0.05, 0) is 25.0 Å². The summed E-state index contributed by atoms with van der Waals surface area (Å²) in [5, 5.41) is 0. The summed E-state index contributed by atoms with van der Waals surface area (Å²) in [5.41, 5.74) is -0.0119. The van der Waals surface area contributed by atoms with E-state index in [9.17, 15) is 12.9 Å². The fourth-order valence-electron chi connectivity index (χ4n) is 2.10. The van der Waals surface area contributed by atoms with Gasteiger partial charge in [-0.15, -0.1) is 5.46 Å². The molecule has 0 N–H and O–H groups in total. The molecule has 0 amide bonds. The normalized spacial score (nSPS) is 11.1. The molecule has 0 aromatic heterocycles. The van der Waals surface area contributed by atoms with Gasteiger partial charge >= 0.3 is 58.4 Å². The summed E-state index contributed by atoms with van der Waals surface area (Å²) in [5.74, 6) is 0.558. The van der Waals surface area contributed by atoms with Gasteiger partial charge in [-0.3, -0.25) is 0 Å². The minimum absolute atomic E-state index is 0. The monoisotopic (exact) mass is 326 g/mol. The van der Waals surface area contributed by atoms with Gasteiger partial charge in [-0.25, -0.2) is 0 Å². The first-order chi connectivity index (χ1) is 9.45.